The molecule has 1 aromatic carbocycles. The van der Waals surface area contributed by atoms with Crippen LogP contribution in [0, 0.1) is 0 Å². The number of hydrogen-bond acceptors (Lipinski definition) is 3. The highest BCUT2D eigenvalue weighted by Gasteiger charge is 2.34. The van der Waals surface area contributed by atoms with E-state index in [0.717, 1.165) is 12.1 Å². The Morgan fingerprint density at radius 3 is 3.05 bits per heavy atom. The normalized spacial score (nSPS) is 26.4. The highest BCUT2D eigenvalue weighted by Crippen LogP contribution is 2.27. The minimum absolute atomic E-state index is 0.355. The zero-order valence-electron chi connectivity index (χ0n) is 11.8. The lowest BCUT2D eigenvalue weighted by atomic mass is 9.99. The zero-order chi connectivity index (χ0) is 13.9. The number of primary amides is 1. The monoisotopic (exact) mass is 273 g/mol. The van der Waals surface area contributed by atoms with Crippen LogP contribution in [0.2, 0.25) is 0 Å². The third kappa shape index (κ3) is 2.86. The maximum atomic E-state index is 11.2. The number of fused-ring (bicyclic) bond motifs is 1. The predicted octanol–water partition coefficient (Wildman–Crippen LogP) is 1.50. The van der Waals surface area contributed by atoms with Gasteiger partial charge in [0, 0.05) is 30.7 Å². The molecule has 4 nitrogen and oxygen atoms in total. The Balaban J connectivity index is 1.59. The number of hydrogen-bond donors (Lipinski definition) is 2. The summed E-state index contributed by atoms with van der Waals surface area (Å²) in [5, 5.41) is 3.67. The van der Waals surface area contributed by atoms with Gasteiger partial charge in [0.25, 0.3) is 0 Å². The van der Waals surface area contributed by atoms with Gasteiger partial charge >= 0.3 is 0 Å². The van der Waals surface area contributed by atoms with Crippen molar-refractivity contribution in [1.29, 1.82) is 0 Å². The molecule has 2 heterocycles. The van der Waals surface area contributed by atoms with Gasteiger partial charge in [-0.25, -0.2) is 0 Å². The molecule has 0 aromatic heterocycles. The van der Waals surface area contributed by atoms with Crippen molar-refractivity contribution in [3.63, 3.8) is 0 Å². The summed E-state index contributed by atoms with van der Waals surface area (Å²) in [7, 11) is 0. The molecule has 4 heteroatoms. The second-order valence-electron chi connectivity index (χ2n) is 5.94. The fourth-order valence-corrected chi connectivity index (χ4v) is 3.57. The largest absolute Gasteiger partial charge is 0.366 e. The van der Waals surface area contributed by atoms with E-state index in [1.54, 1.807) is 6.07 Å². The van der Waals surface area contributed by atoms with Crippen LogP contribution < -0.4 is 11.1 Å². The Morgan fingerprint density at radius 2 is 2.20 bits per heavy atom. The number of benzene rings is 1. The van der Waals surface area contributed by atoms with Gasteiger partial charge in [0.15, 0.2) is 0 Å². The Kier molecular flexibility index (Phi) is 4.03. The summed E-state index contributed by atoms with van der Waals surface area (Å²) in [6, 6.07) is 8.91. The molecular formula is C16H23N3O. The summed E-state index contributed by atoms with van der Waals surface area (Å²) in [6.45, 7) is 3.31. The Labute approximate surface area is 120 Å². The van der Waals surface area contributed by atoms with Crippen molar-refractivity contribution in [1.82, 2.24) is 10.2 Å². The first kappa shape index (κ1) is 13.6. The summed E-state index contributed by atoms with van der Waals surface area (Å²) in [5.41, 5.74) is 7.05. The Morgan fingerprint density at radius 1 is 1.30 bits per heavy atom. The third-order valence-electron chi connectivity index (χ3n) is 4.64. The number of nitrogens with two attached hydrogens (primary N) is 1. The van der Waals surface area contributed by atoms with Crippen LogP contribution in [0.25, 0.3) is 0 Å². The van der Waals surface area contributed by atoms with E-state index < -0.39 is 0 Å². The molecule has 0 saturated carbocycles. The van der Waals surface area contributed by atoms with Gasteiger partial charge in [0.2, 0.25) is 5.91 Å². The van der Waals surface area contributed by atoms with Gasteiger partial charge in [-0.3, -0.25) is 9.69 Å². The first-order chi connectivity index (χ1) is 9.74. The van der Waals surface area contributed by atoms with Crippen LogP contribution in [0.15, 0.2) is 24.3 Å². The molecule has 0 aliphatic carbocycles. The predicted molar refractivity (Wildman–Crippen MR) is 79.4 cm³/mol. The summed E-state index contributed by atoms with van der Waals surface area (Å²) in [6.07, 6.45) is 5.26. The summed E-state index contributed by atoms with van der Waals surface area (Å²) in [5.74, 6) is -0.355. The maximum absolute atomic E-state index is 11.2. The number of nitrogens with one attached hydrogen (secondary N) is 1. The van der Waals surface area contributed by atoms with Crippen molar-refractivity contribution < 1.29 is 4.79 Å². The minimum Gasteiger partial charge on any atom is -0.366 e. The van der Waals surface area contributed by atoms with Gasteiger partial charge in [0.1, 0.15) is 0 Å². The molecule has 2 atom stereocenters. The molecule has 0 bridgehead atoms. The van der Waals surface area contributed by atoms with E-state index in [2.05, 4.69) is 10.2 Å². The lowest BCUT2D eigenvalue weighted by Crippen LogP contribution is -2.44. The SMILES string of the molecule is NC(=O)c1cccc(CNC2CCN3CCCCC23)c1. The van der Waals surface area contributed by atoms with Gasteiger partial charge in [-0.1, -0.05) is 18.6 Å². The van der Waals surface area contributed by atoms with Gasteiger partial charge < -0.3 is 11.1 Å². The standard InChI is InChI=1S/C16H23N3O/c17-16(20)13-5-3-4-12(10-13)11-18-14-7-9-19-8-2-1-6-15(14)19/h3-5,10,14-15,18H,1-2,6-9,11H2,(H2,17,20). The van der Waals surface area contributed by atoms with Crippen LogP contribution in [-0.2, 0) is 6.54 Å². The van der Waals surface area contributed by atoms with Crippen molar-refractivity contribution in [2.75, 3.05) is 13.1 Å². The van der Waals surface area contributed by atoms with Crippen LogP contribution in [0.4, 0.5) is 0 Å². The van der Waals surface area contributed by atoms with E-state index >= 15 is 0 Å². The Hall–Kier alpha value is -1.39. The lowest BCUT2D eigenvalue weighted by Gasteiger charge is -2.32. The second kappa shape index (κ2) is 5.94. The van der Waals surface area contributed by atoms with E-state index in [0.29, 0.717) is 17.6 Å². The molecule has 3 rings (SSSR count). The van der Waals surface area contributed by atoms with Crippen molar-refractivity contribution >= 4 is 5.91 Å². The molecule has 2 aliphatic rings. The topological polar surface area (TPSA) is 58.4 Å². The van der Waals surface area contributed by atoms with E-state index in [1.165, 1.54) is 38.8 Å². The van der Waals surface area contributed by atoms with E-state index in [4.69, 9.17) is 5.73 Å². The number of rotatable bonds is 4. The first-order valence-electron chi connectivity index (χ1n) is 7.60. The van der Waals surface area contributed by atoms with Gasteiger partial charge in [-0.15, -0.1) is 0 Å². The highest BCUT2D eigenvalue weighted by atomic mass is 16.1. The maximum Gasteiger partial charge on any atom is 0.248 e. The van der Waals surface area contributed by atoms with Gasteiger partial charge in [-0.2, -0.15) is 0 Å². The number of piperidine rings is 1. The average molecular weight is 273 g/mol. The number of nitrogens with zero attached hydrogens (tertiary/aromatic N) is 1. The zero-order valence-corrected chi connectivity index (χ0v) is 11.8. The molecule has 20 heavy (non-hydrogen) atoms. The fraction of sp³-hybridized carbons (Fsp3) is 0.562. The molecule has 1 aromatic rings. The van der Waals surface area contributed by atoms with Crippen LogP contribution in [0.3, 0.4) is 0 Å². The quantitative estimate of drug-likeness (QED) is 0.874. The van der Waals surface area contributed by atoms with Crippen LogP contribution in [0.1, 0.15) is 41.6 Å². The Bertz CT molecular complexity index is 488. The van der Waals surface area contributed by atoms with E-state index in [9.17, 15) is 4.79 Å². The molecular weight excluding hydrogens is 250 g/mol. The van der Waals surface area contributed by atoms with E-state index in [-0.39, 0.29) is 5.91 Å². The van der Waals surface area contributed by atoms with Crippen LogP contribution >= 0.6 is 0 Å². The molecule has 2 unspecified atom stereocenters. The molecule has 0 radical (unpaired) electrons. The van der Waals surface area contributed by atoms with Crippen molar-refractivity contribution in [3.05, 3.63) is 35.4 Å². The summed E-state index contributed by atoms with van der Waals surface area (Å²) in [4.78, 5) is 13.8. The number of amides is 1. The number of carbonyl (C=O) groups excluding carboxylic acids is 1. The molecule has 0 spiro atoms. The van der Waals surface area contributed by atoms with Crippen molar-refractivity contribution in [2.45, 2.75) is 44.3 Å². The molecule has 2 saturated heterocycles. The summed E-state index contributed by atoms with van der Waals surface area (Å²) >= 11 is 0. The summed E-state index contributed by atoms with van der Waals surface area (Å²) < 4.78 is 0. The molecule has 3 N–H and O–H groups in total. The van der Waals surface area contributed by atoms with Gasteiger partial charge in [-0.05, 0) is 43.5 Å². The molecule has 1 amide bonds. The minimum atomic E-state index is -0.355. The second-order valence-corrected chi connectivity index (χ2v) is 5.94. The lowest BCUT2D eigenvalue weighted by molar-refractivity contribution is 0.1000. The smallest absolute Gasteiger partial charge is 0.248 e. The first-order valence-corrected chi connectivity index (χ1v) is 7.60. The molecule has 2 aliphatic heterocycles. The fourth-order valence-electron chi connectivity index (χ4n) is 3.57. The van der Waals surface area contributed by atoms with Crippen molar-refractivity contribution in [3.8, 4) is 0 Å². The highest BCUT2D eigenvalue weighted by molar-refractivity contribution is 5.92. The van der Waals surface area contributed by atoms with Crippen molar-refractivity contribution in [2.24, 2.45) is 5.73 Å². The molecule has 2 fully saturated rings. The molecule has 108 valence electrons. The van der Waals surface area contributed by atoms with Crippen LogP contribution in [-0.4, -0.2) is 36.0 Å². The van der Waals surface area contributed by atoms with Gasteiger partial charge in [0.05, 0.1) is 0 Å². The van der Waals surface area contributed by atoms with Crippen LogP contribution in [0.5, 0.6) is 0 Å². The average Bonchev–Trinajstić information content (AvgIpc) is 2.89. The van der Waals surface area contributed by atoms with E-state index in [1.807, 2.05) is 18.2 Å². The third-order valence-corrected chi connectivity index (χ3v) is 4.64. The number of carbonyl (C=O) groups is 1.